The molecule has 122 heavy (non-hydrogen) atoms. The van der Waals surface area contributed by atoms with E-state index in [1.165, 1.54) is 12.8 Å². The first-order chi connectivity index (χ1) is 58.0. The van der Waals surface area contributed by atoms with Crippen LogP contribution in [-0.4, -0.2) is 258 Å². The number of rotatable bonds is 29. The van der Waals surface area contributed by atoms with Crippen LogP contribution in [0.4, 0.5) is 11.6 Å². The van der Waals surface area contributed by atoms with E-state index in [1.54, 1.807) is 78.2 Å². The quantitative estimate of drug-likeness (QED) is 0.0130. The van der Waals surface area contributed by atoms with Gasteiger partial charge in [-0.2, -0.15) is 19.9 Å². The van der Waals surface area contributed by atoms with Crippen molar-refractivity contribution in [3.05, 3.63) is 80.5 Å². The Morgan fingerprint density at radius 3 is 1.08 bits per heavy atom. The van der Waals surface area contributed by atoms with Gasteiger partial charge in [0.15, 0.2) is 42.3 Å². The van der Waals surface area contributed by atoms with Gasteiger partial charge in [-0.25, -0.2) is 19.9 Å². The molecule has 39 nitrogen and oxygen atoms in total. The fraction of sp³-hybridized carbons (Fsp3) is 0.676. The summed E-state index contributed by atoms with van der Waals surface area (Å²) in [6, 6.07) is 8.02. The maximum Gasteiger partial charge on any atom is 0.356 e. The molecule has 15 heterocycles. The van der Waals surface area contributed by atoms with Crippen molar-refractivity contribution in [3.63, 3.8) is 0 Å². The summed E-state index contributed by atoms with van der Waals surface area (Å²) in [5.41, 5.74) is 2.15. The fourth-order valence-corrected chi connectivity index (χ4v) is 20.8. The van der Waals surface area contributed by atoms with E-state index in [2.05, 4.69) is 50.5 Å². The predicted molar refractivity (Wildman–Crippen MR) is 444 cm³/mol. The second-order valence-electron chi connectivity index (χ2n) is 31.5. The van der Waals surface area contributed by atoms with Gasteiger partial charge < -0.3 is 134 Å². The highest BCUT2D eigenvalue weighted by Gasteiger charge is 2.59. The molecule has 16 atom stereocenters. The number of aliphatic hydroxyl groups excluding tert-OH is 3. The van der Waals surface area contributed by atoms with E-state index in [-0.39, 0.29) is 109 Å². The van der Waals surface area contributed by atoms with Gasteiger partial charge in [0, 0.05) is 36.9 Å². The van der Waals surface area contributed by atoms with Crippen LogP contribution in [0, 0.1) is 0 Å². The lowest BCUT2D eigenvalue weighted by Crippen LogP contribution is -2.33. The zero-order chi connectivity index (χ0) is 87.1. The first-order valence-electron chi connectivity index (χ1n) is 40.2. The Morgan fingerprint density at radius 1 is 0.418 bits per heavy atom. The maximum absolute atomic E-state index is 12.8. The van der Waals surface area contributed by atoms with Crippen LogP contribution in [0.15, 0.2) is 49.1 Å². The third-order valence-corrected chi connectivity index (χ3v) is 26.8. The van der Waals surface area contributed by atoms with E-state index in [9.17, 15) is 29.0 Å². The van der Waals surface area contributed by atoms with Crippen molar-refractivity contribution in [3.8, 4) is 0 Å². The Morgan fingerprint density at radius 2 is 0.721 bits per heavy atom. The summed E-state index contributed by atoms with van der Waals surface area (Å²) in [5.74, 6) is -1.02. The lowest BCUT2D eigenvalue weighted by molar-refractivity contribution is -0.201. The molecule has 7 N–H and O–H groups in total. The van der Waals surface area contributed by atoms with Gasteiger partial charge in [0.2, 0.25) is 21.1 Å². The summed E-state index contributed by atoms with van der Waals surface area (Å²) < 4.78 is 142. The van der Waals surface area contributed by atoms with Gasteiger partial charge in [-0.05, 0) is 166 Å². The average Bonchev–Trinajstić information content (AvgIpc) is 1.64. The molecule has 674 valence electrons. The van der Waals surface area contributed by atoms with Gasteiger partial charge in [0.25, 0.3) is 0 Å². The van der Waals surface area contributed by atoms with Gasteiger partial charge in [-0.3, -0.25) is 13.7 Å². The van der Waals surface area contributed by atoms with Gasteiger partial charge in [0.05, 0.1) is 74.4 Å². The minimum Gasteiger partial charge on any atom is -0.394 e. The Bertz CT molecular complexity index is 5080. The number of aromatic nitrogens is 12. The SMILES string of the molecule is CC1(C)O[C@@H]2[C@H](O1)[C@@H](CO)O[C@H]2n1ccc2c(Cl)nc(Cl)nc21.CCOP(=O)(COC[C@H]1O[C@@H](n2ccc3c(Cl)nc(Cl)nc32)[C@@H]2OC(C)(C)O[C@@H]21)OCC.CCOP(=O)(COC[C@H]1O[C@@H](n2ccc3c(NC4CCCC4)nc(Cl)nc32)[C@@H]2OC(C)(C)O[C@@H]21)OCC.O=P(O)(O)COC[C@H]1O[C@@H](n2ccc3c(NC4CCCC4)nc(Cl)nc32)[C@H](O)[C@@H]1O. The molecule has 8 aromatic heterocycles. The molecule has 9 aliphatic rings. The molecule has 0 unspecified atom stereocenters. The van der Waals surface area contributed by atoms with Crippen LogP contribution in [0.1, 0.15) is 146 Å². The molecular weight excluding hydrogens is 1790 g/mol. The summed E-state index contributed by atoms with van der Waals surface area (Å²) in [5, 5.41) is 41.0. The molecule has 17 rings (SSSR count). The summed E-state index contributed by atoms with van der Waals surface area (Å²) >= 11 is 36.7. The summed E-state index contributed by atoms with van der Waals surface area (Å²) in [4.78, 5) is 51.8. The van der Waals surface area contributed by atoms with E-state index < -0.39 is 132 Å². The molecule has 9 fully saturated rings. The Labute approximate surface area is 731 Å². The van der Waals surface area contributed by atoms with Crippen molar-refractivity contribution in [1.29, 1.82) is 0 Å². The van der Waals surface area contributed by atoms with Gasteiger partial charge in [0.1, 0.15) is 137 Å². The zero-order valence-electron chi connectivity index (χ0n) is 68.3. The summed E-state index contributed by atoms with van der Waals surface area (Å²) in [7, 11) is -11.0. The third kappa shape index (κ3) is 21.4. The summed E-state index contributed by atoms with van der Waals surface area (Å²) in [6.07, 6.45) is 5.06. The van der Waals surface area contributed by atoms with Crippen LogP contribution in [-0.2, 0) is 93.4 Å². The molecular formula is C74H101Cl6N14O25P3. The topological polar surface area (TPSA) is 456 Å². The number of aliphatic hydroxyl groups is 3. The number of nitrogens with one attached hydrogen (secondary N) is 2. The number of nitrogens with zero attached hydrogens (tertiary/aromatic N) is 12. The van der Waals surface area contributed by atoms with E-state index in [0.29, 0.717) is 56.6 Å². The van der Waals surface area contributed by atoms with Crippen molar-refractivity contribution < 1.29 is 118 Å². The number of hydrogen-bond donors (Lipinski definition) is 7. The Hall–Kier alpha value is -4.37. The Balaban J connectivity index is 0.000000134. The molecule has 7 aliphatic heterocycles. The molecule has 0 amide bonds. The number of ether oxygens (including phenoxy) is 13. The Kier molecular flexibility index (Phi) is 30.1. The molecule has 2 saturated carbocycles. The van der Waals surface area contributed by atoms with Crippen molar-refractivity contribution in [2.24, 2.45) is 0 Å². The highest BCUT2D eigenvalue weighted by Crippen LogP contribution is 2.53. The second-order valence-corrected chi connectivity index (χ2v) is 39.2. The van der Waals surface area contributed by atoms with Gasteiger partial charge in [-0.15, -0.1) is 0 Å². The lowest BCUT2D eigenvalue weighted by Gasteiger charge is -2.25. The standard InChI is InChI=1S/C24H36ClN4O7P.C19H26Cl2N3O7P.C17H24ClN4O7P.C14H15Cl2N3O4/c1-5-32-37(30,33-6-2)14-31-13-17-18-19(36-24(3,4)35-18)22(34-17)29-12-11-16-20(26-15-9-7-8-10-15)27-23(25)28-21(16)29;1-5-27-32(25,28-6-2)10-26-9-12-13-14(31-19(3,4)30-13)17(29-12)24-8-7-11-15(20)22-18(21)23-16(11)24;18-17-20-14(19-9-3-1-2-4-9)10-5-6-22(15(10)21-17)16-13(24)12(23)11(29-16)7-28-8-30(25,26)27;1-14(2)22-8-7(5-20)21-12(9(8)23-14)19-4-3-6-10(15)17-13(16)18-11(6)19/h11-12,15,17-19,22H,5-10,13-14H2,1-4H3,(H,26,27,28);7-8,12-14,17H,5-6,9-10H2,1-4H3;5-6,9,11-13,16,23-24H,1-4,7-8H2,(H,19,20,21)(H2,25,26,27);3-4,7-9,12,20H,5H2,1-2H3/t17-,18-,19-,22-;12-,13-,14-,17-;11-,12-,13-,16-;7-,8-,9-,12-/m1111/s1. The van der Waals surface area contributed by atoms with Crippen LogP contribution in [0.2, 0.25) is 31.4 Å². The number of hydrogen-bond acceptors (Lipinski definition) is 33. The molecule has 0 spiro atoms. The second kappa shape index (κ2) is 39.1. The van der Waals surface area contributed by atoms with E-state index in [1.807, 2.05) is 58.4 Å². The number of anilines is 2. The smallest absolute Gasteiger partial charge is 0.356 e. The molecule has 7 saturated heterocycles. The van der Waals surface area contributed by atoms with E-state index in [4.69, 9.17) is 159 Å². The molecule has 48 heteroatoms. The monoisotopic (exact) mass is 1890 g/mol. The lowest BCUT2D eigenvalue weighted by atomic mass is 10.1. The van der Waals surface area contributed by atoms with Gasteiger partial charge in [-0.1, -0.05) is 48.9 Å². The molecule has 8 aromatic rings. The van der Waals surface area contributed by atoms with Crippen molar-refractivity contribution in [2.45, 2.75) is 248 Å². The largest absolute Gasteiger partial charge is 0.394 e. The molecule has 0 aromatic carbocycles. The maximum atomic E-state index is 12.8. The number of halogens is 6. The van der Waals surface area contributed by atoms with E-state index in [0.717, 1.165) is 49.7 Å². The average molecular weight is 1890 g/mol. The van der Waals surface area contributed by atoms with E-state index >= 15 is 0 Å². The van der Waals surface area contributed by atoms with Crippen molar-refractivity contribution in [1.82, 2.24) is 58.1 Å². The van der Waals surface area contributed by atoms with Crippen LogP contribution in [0.3, 0.4) is 0 Å². The van der Waals surface area contributed by atoms with Crippen LogP contribution in [0.5, 0.6) is 0 Å². The van der Waals surface area contributed by atoms with Gasteiger partial charge >= 0.3 is 22.8 Å². The summed E-state index contributed by atoms with van der Waals surface area (Å²) in [6.45, 7) is 18.9. The minimum atomic E-state index is -4.34. The minimum absolute atomic E-state index is 0.0309. The molecule has 0 bridgehead atoms. The molecule has 2 aliphatic carbocycles. The highest BCUT2D eigenvalue weighted by atomic mass is 35.5. The van der Waals surface area contributed by atoms with Crippen LogP contribution < -0.4 is 10.6 Å². The zero-order valence-corrected chi connectivity index (χ0v) is 75.5. The van der Waals surface area contributed by atoms with Crippen molar-refractivity contribution >= 4 is 148 Å². The molecule has 0 radical (unpaired) electrons. The van der Waals surface area contributed by atoms with Crippen LogP contribution in [0.25, 0.3) is 44.1 Å². The predicted octanol–water partition coefficient (Wildman–Crippen LogP) is 12.9. The number of fused-ring (bicyclic) bond motifs is 7. The normalized spacial score (nSPS) is 28.6. The first kappa shape index (κ1) is 93.8. The van der Waals surface area contributed by atoms with Crippen molar-refractivity contribution in [2.75, 3.05) is 82.5 Å². The fourth-order valence-electron chi connectivity index (χ4n) is 16.5. The van der Waals surface area contributed by atoms with Crippen LogP contribution >= 0.6 is 92.4 Å². The third-order valence-electron chi connectivity index (χ3n) is 21.4. The highest BCUT2D eigenvalue weighted by molar-refractivity contribution is 7.54. The first-order valence-corrected chi connectivity index (χ1v) is 47.7.